The molecule has 0 saturated heterocycles. The first-order valence-corrected chi connectivity index (χ1v) is 6.70. The van der Waals surface area contributed by atoms with E-state index in [1.165, 1.54) is 0 Å². The van der Waals surface area contributed by atoms with Gasteiger partial charge in [-0.1, -0.05) is 0 Å². The van der Waals surface area contributed by atoms with Crippen molar-refractivity contribution >= 4 is 11.9 Å². The van der Waals surface area contributed by atoms with Crippen molar-refractivity contribution in [3.8, 4) is 0 Å². The molecule has 1 amide bonds. The Labute approximate surface area is 112 Å². The second-order valence-corrected chi connectivity index (χ2v) is 4.93. The summed E-state index contributed by atoms with van der Waals surface area (Å²) in [7, 11) is 0. The zero-order valence-electron chi connectivity index (χ0n) is 10.9. The van der Waals surface area contributed by atoms with E-state index >= 15 is 0 Å². The van der Waals surface area contributed by atoms with Crippen LogP contribution < -0.4 is 0 Å². The second kappa shape index (κ2) is 6.41. The van der Waals surface area contributed by atoms with Crippen LogP contribution in [0.5, 0.6) is 0 Å². The summed E-state index contributed by atoms with van der Waals surface area (Å²) >= 11 is 0. The number of furan rings is 1. The van der Waals surface area contributed by atoms with E-state index in [4.69, 9.17) is 9.52 Å². The van der Waals surface area contributed by atoms with Crippen LogP contribution in [0.2, 0.25) is 0 Å². The average Bonchev–Trinajstić information content (AvgIpc) is 3.08. The van der Waals surface area contributed by atoms with Gasteiger partial charge in [-0.05, 0) is 37.8 Å². The molecule has 5 heteroatoms. The van der Waals surface area contributed by atoms with Crippen molar-refractivity contribution in [3.63, 3.8) is 0 Å². The smallest absolute Gasteiger partial charge is 0.303 e. The van der Waals surface area contributed by atoms with Crippen LogP contribution in [0, 0.1) is 0 Å². The molecule has 1 aliphatic carbocycles. The molecule has 1 heterocycles. The lowest BCUT2D eigenvalue weighted by Crippen LogP contribution is -2.32. The maximum absolute atomic E-state index is 12.1. The summed E-state index contributed by atoms with van der Waals surface area (Å²) in [5.74, 6) is 0.0946. The highest BCUT2D eigenvalue weighted by atomic mass is 16.4. The van der Waals surface area contributed by atoms with Gasteiger partial charge in [0.15, 0.2) is 0 Å². The molecule has 1 aromatic heterocycles. The van der Waals surface area contributed by atoms with Crippen molar-refractivity contribution < 1.29 is 19.1 Å². The van der Waals surface area contributed by atoms with E-state index in [2.05, 4.69) is 0 Å². The minimum atomic E-state index is -0.804. The summed E-state index contributed by atoms with van der Waals surface area (Å²) in [5, 5.41) is 8.55. The van der Waals surface area contributed by atoms with Crippen molar-refractivity contribution in [2.45, 2.75) is 51.1 Å². The molecule has 0 aliphatic heterocycles. The Bertz CT molecular complexity index is 423. The van der Waals surface area contributed by atoms with Gasteiger partial charge in [-0.2, -0.15) is 0 Å². The van der Waals surface area contributed by atoms with Gasteiger partial charge in [0.1, 0.15) is 5.76 Å². The summed E-state index contributed by atoms with van der Waals surface area (Å²) in [6.45, 7) is 0.523. The van der Waals surface area contributed by atoms with Crippen LogP contribution >= 0.6 is 0 Å². The second-order valence-electron chi connectivity index (χ2n) is 4.93. The Morgan fingerprint density at radius 2 is 2.05 bits per heavy atom. The van der Waals surface area contributed by atoms with E-state index in [0.29, 0.717) is 31.8 Å². The molecule has 0 bridgehead atoms. The molecule has 1 N–H and O–H groups in total. The molecular weight excluding hydrogens is 246 g/mol. The number of carbonyl (C=O) groups excluding carboxylic acids is 1. The highest BCUT2D eigenvalue weighted by Crippen LogP contribution is 2.29. The number of unbranched alkanes of at least 4 members (excludes halogenated alkanes) is 1. The maximum Gasteiger partial charge on any atom is 0.303 e. The molecule has 1 aromatic rings. The Balaban J connectivity index is 1.78. The first-order valence-electron chi connectivity index (χ1n) is 6.70. The van der Waals surface area contributed by atoms with Crippen LogP contribution in [-0.4, -0.2) is 27.9 Å². The summed E-state index contributed by atoms with van der Waals surface area (Å²) in [4.78, 5) is 24.4. The van der Waals surface area contributed by atoms with Gasteiger partial charge in [-0.25, -0.2) is 0 Å². The van der Waals surface area contributed by atoms with E-state index < -0.39 is 5.97 Å². The van der Waals surface area contributed by atoms with E-state index in [1.54, 1.807) is 6.26 Å². The predicted octanol–water partition coefficient (Wildman–Crippen LogP) is 2.42. The van der Waals surface area contributed by atoms with E-state index in [9.17, 15) is 9.59 Å². The van der Waals surface area contributed by atoms with Gasteiger partial charge in [0, 0.05) is 18.9 Å². The molecule has 104 valence electrons. The van der Waals surface area contributed by atoms with Crippen LogP contribution in [0.1, 0.15) is 44.3 Å². The molecule has 5 nitrogen and oxygen atoms in total. The number of nitrogens with zero attached hydrogens (tertiary/aromatic N) is 1. The van der Waals surface area contributed by atoms with E-state index in [0.717, 1.165) is 18.6 Å². The van der Waals surface area contributed by atoms with Crippen molar-refractivity contribution in [2.75, 3.05) is 0 Å². The highest BCUT2D eigenvalue weighted by Gasteiger charge is 2.32. The zero-order valence-corrected chi connectivity index (χ0v) is 10.9. The molecule has 1 saturated carbocycles. The first-order chi connectivity index (χ1) is 9.16. The summed E-state index contributed by atoms with van der Waals surface area (Å²) < 4.78 is 5.28. The SMILES string of the molecule is O=C(O)CCCCC(=O)N(Cc1ccco1)C1CC1. The Morgan fingerprint density at radius 3 is 2.63 bits per heavy atom. The van der Waals surface area contributed by atoms with E-state index in [1.807, 2.05) is 17.0 Å². The van der Waals surface area contributed by atoms with Gasteiger partial charge in [0.25, 0.3) is 0 Å². The highest BCUT2D eigenvalue weighted by molar-refractivity contribution is 5.76. The first kappa shape index (κ1) is 13.6. The summed E-state index contributed by atoms with van der Waals surface area (Å²) in [6.07, 6.45) is 5.47. The van der Waals surface area contributed by atoms with Gasteiger partial charge >= 0.3 is 5.97 Å². The number of hydrogen-bond acceptors (Lipinski definition) is 3. The molecule has 2 rings (SSSR count). The molecule has 0 atom stereocenters. The zero-order chi connectivity index (χ0) is 13.7. The summed E-state index contributed by atoms with van der Waals surface area (Å²) in [5.41, 5.74) is 0. The molecule has 19 heavy (non-hydrogen) atoms. The minimum absolute atomic E-state index is 0.101. The maximum atomic E-state index is 12.1. The number of amides is 1. The fraction of sp³-hybridized carbons (Fsp3) is 0.571. The van der Waals surface area contributed by atoms with Crippen LogP contribution in [0.25, 0.3) is 0 Å². The molecule has 0 unspecified atom stereocenters. The van der Waals surface area contributed by atoms with Gasteiger partial charge in [-0.15, -0.1) is 0 Å². The quantitative estimate of drug-likeness (QED) is 0.733. The molecule has 0 spiro atoms. The summed E-state index contributed by atoms with van der Waals surface area (Å²) in [6, 6.07) is 4.03. The predicted molar refractivity (Wildman–Crippen MR) is 68.4 cm³/mol. The molecule has 0 radical (unpaired) electrons. The fourth-order valence-electron chi connectivity index (χ4n) is 2.07. The Morgan fingerprint density at radius 1 is 1.32 bits per heavy atom. The minimum Gasteiger partial charge on any atom is -0.481 e. The fourth-order valence-corrected chi connectivity index (χ4v) is 2.07. The third kappa shape index (κ3) is 4.43. The van der Waals surface area contributed by atoms with Gasteiger partial charge in [-0.3, -0.25) is 9.59 Å². The number of aliphatic carboxylic acids is 1. The molecule has 0 aromatic carbocycles. The van der Waals surface area contributed by atoms with Crippen molar-refractivity contribution in [1.82, 2.24) is 4.90 Å². The van der Waals surface area contributed by atoms with E-state index in [-0.39, 0.29) is 12.3 Å². The van der Waals surface area contributed by atoms with Gasteiger partial charge in [0.2, 0.25) is 5.91 Å². The average molecular weight is 265 g/mol. The Kier molecular flexibility index (Phi) is 4.60. The van der Waals surface area contributed by atoms with Crippen LogP contribution in [-0.2, 0) is 16.1 Å². The third-order valence-corrected chi connectivity index (χ3v) is 3.25. The number of hydrogen-bond donors (Lipinski definition) is 1. The van der Waals surface area contributed by atoms with Crippen LogP contribution in [0.4, 0.5) is 0 Å². The number of carboxylic acid groups (broad SMARTS) is 1. The standard InChI is InChI=1S/C14H19NO4/c16-13(5-1-2-6-14(17)18)15(11-7-8-11)10-12-4-3-9-19-12/h3-4,9,11H,1-2,5-8,10H2,(H,17,18). The number of carbonyl (C=O) groups is 2. The lowest BCUT2D eigenvalue weighted by Gasteiger charge is -2.21. The molecule has 1 fully saturated rings. The van der Waals surface area contributed by atoms with Crippen LogP contribution in [0.15, 0.2) is 22.8 Å². The third-order valence-electron chi connectivity index (χ3n) is 3.25. The number of rotatable bonds is 8. The van der Waals surface area contributed by atoms with Crippen molar-refractivity contribution in [3.05, 3.63) is 24.2 Å². The van der Waals surface area contributed by atoms with Crippen LogP contribution in [0.3, 0.4) is 0 Å². The Hall–Kier alpha value is -1.78. The topological polar surface area (TPSA) is 70.8 Å². The van der Waals surface area contributed by atoms with Crippen molar-refractivity contribution in [2.24, 2.45) is 0 Å². The monoisotopic (exact) mass is 265 g/mol. The molecular formula is C14H19NO4. The number of carboxylic acids is 1. The largest absolute Gasteiger partial charge is 0.481 e. The van der Waals surface area contributed by atoms with Gasteiger partial charge < -0.3 is 14.4 Å². The van der Waals surface area contributed by atoms with Gasteiger partial charge in [0.05, 0.1) is 12.8 Å². The molecule has 1 aliphatic rings. The lowest BCUT2D eigenvalue weighted by atomic mass is 10.1. The van der Waals surface area contributed by atoms with Crippen molar-refractivity contribution in [1.29, 1.82) is 0 Å². The lowest BCUT2D eigenvalue weighted by molar-refractivity contribution is -0.137. The normalized spacial score (nSPS) is 14.3.